The molecular weight excluding hydrogens is 404 g/mol. The Bertz CT molecular complexity index is 1120. The van der Waals surface area contributed by atoms with Gasteiger partial charge in [-0.15, -0.1) is 0 Å². The van der Waals surface area contributed by atoms with Crippen LogP contribution in [0.3, 0.4) is 0 Å². The van der Waals surface area contributed by atoms with Crippen molar-refractivity contribution in [3.05, 3.63) is 77.3 Å². The molecule has 1 aromatic heterocycles. The molecule has 1 atom stereocenters. The summed E-state index contributed by atoms with van der Waals surface area (Å²) in [5.41, 5.74) is 1.64. The zero-order chi connectivity index (χ0) is 21.3. The number of nitrogens with one attached hydrogen (secondary N) is 1. The highest BCUT2D eigenvalue weighted by Crippen LogP contribution is 2.31. The predicted molar refractivity (Wildman–Crippen MR) is 114 cm³/mol. The quantitative estimate of drug-likeness (QED) is 0.639. The van der Waals surface area contributed by atoms with Crippen LogP contribution in [0.25, 0.3) is 0 Å². The zero-order valence-electron chi connectivity index (χ0n) is 16.2. The fourth-order valence-electron chi connectivity index (χ4n) is 3.45. The second kappa shape index (κ2) is 8.12. The molecule has 0 aliphatic carbocycles. The van der Waals surface area contributed by atoms with E-state index >= 15 is 0 Å². The van der Waals surface area contributed by atoms with Gasteiger partial charge in [-0.05, 0) is 36.4 Å². The van der Waals surface area contributed by atoms with Crippen LogP contribution < -0.4 is 10.2 Å². The fourth-order valence-corrected chi connectivity index (χ4v) is 3.69. The second-order valence-electron chi connectivity index (χ2n) is 7.11. The van der Waals surface area contributed by atoms with E-state index in [4.69, 9.17) is 11.6 Å². The highest BCUT2D eigenvalue weighted by Gasteiger charge is 2.35. The standard InChI is InChI=1S/C22H19ClN4O3/c1-26-11-10-24-21(26)20(29)14-6-8-16(9-7-14)25-22(30)15-12-19(28)27(13-15)18-5-3-2-4-17(18)23/h2-11,15H,12-13H2,1H3,(H,25,30). The lowest BCUT2D eigenvalue weighted by Crippen LogP contribution is -2.28. The first-order chi connectivity index (χ1) is 14.4. The summed E-state index contributed by atoms with van der Waals surface area (Å²) < 4.78 is 1.65. The van der Waals surface area contributed by atoms with E-state index in [2.05, 4.69) is 10.3 Å². The van der Waals surface area contributed by atoms with E-state index in [0.29, 0.717) is 27.8 Å². The van der Waals surface area contributed by atoms with Crippen molar-refractivity contribution >= 4 is 40.6 Å². The number of anilines is 2. The van der Waals surface area contributed by atoms with Gasteiger partial charge in [0.05, 0.1) is 16.6 Å². The first-order valence-electron chi connectivity index (χ1n) is 9.42. The lowest BCUT2D eigenvalue weighted by atomic mass is 10.1. The third kappa shape index (κ3) is 3.84. The van der Waals surface area contributed by atoms with Crippen molar-refractivity contribution in [1.82, 2.24) is 9.55 Å². The van der Waals surface area contributed by atoms with Crippen LogP contribution in [0.15, 0.2) is 60.9 Å². The number of nitrogens with zero attached hydrogens (tertiary/aromatic N) is 3. The van der Waals surface area contributed by atoms with Crippen molar-refractivity contribution in [2.45, 2.75) is 6.42 Å². The van der Waals surface area contributed by atoms with Gasteiger partial charge in [-0.1, -0.05) is 23.7 Å². The van der Waals surface area contributed by atoms with Crippen molar-refractivity contribution in [1.29, 1.82) is 0 Å². The molecule has 1 saturated heterocycles. The van der Waals surface area contributed by atoms with Crippen LogP contribution in [-0.2, 0) is 16.6 Å². The minimum Gasteiger partial charge on any atom is -0.331 e. The van der Waals surface area contributed by atoms with Crippen LogP contribution >= 0.6 is 11.6 Å². The number of halogens is 1. The van der Waals surface area contributed by atoms with Crippen LogP contribution in [0, 0.1) is 5.92 Å². The first kappa shape index (κ1) is 19.8. The minimum atomic E-state index is -0.484. The number of aromatic nitrogens is 2. The van der Waals surface area contributed by atoms with Crippen molar-refractivity contribution < 1.29 is 14.4 Å². The van der Waals surface area contributed by atoms with Gasteiger partial charge in [0.2, 0.25) is 17.6 Å². The van der Waals surface area contributed by atoms with Crippen molar-refractivity contribution in [3.8, 4) is 0 Å². The summed E-state index contributed by atoms with van der Waals surface area (Å²) in [5, 5.41) is 3.29. The predicted octanol–water partition coefficient (Wildman–Crippen LogP) is 3.30. The molecular formula is C22H19ClN4O3. The van der Waals surface area contributed by atoms with Crippen LogP contribution in [0.5, 0.6) is 0 Å². The smallest absolute Gasteiger partial charge is 0.229 e. The Labute approximate surface area is 178 Å². The largest absolute Gasteiger partial charge is 0.331 e. The van der Waals surface area contributed by atoms with Crippen molar-refractivity contribution in [2.24, 2.45) is 13.0 Å². The number of amides is 2. The Morgan fingerprint density at radius 3 is 2.53 bits per heavy atom. The summed E-state index contributed by atoms with van der Waals surface area (Å²) in [6.07, 6.45) is 3.39. The molecule has 1 aliphatic rings. The van der Waals surface area contributed by atoms with Gasteiger partial charge in [0.15, 0.2) is 5.82 Å². The topological polar surface area (TPSA) is 84.3 Å². The normalized spacial score (nSPS) is 16.0. The molecule has 8 heteroatoms. The Morgan fingerprint density at radius 2 is 1.87 bits per heavy atom. The molecule has 0 bridgehead atoms. The SMILES string of the molecule is Cn1ccnc1C(=O)c1ccc(NC(=O)C2CC(=O)N(c3ccccc3Cl)C2)cc1. The summed E-state index contributed by atoms with van der Waals surface area (Å²) in [7, 11) is 1.75. The molecule has 1 unspecified atom stereocenters. The van der Waals surface area contributed by atoms with Gasteiger partial charge in [-0.3, -0.25) is 14.4 Å². The maximum Gasteiger partial charge on any atom is 0.229 e. The van der Waals surface area contributed by atoms with E-state index < -0.39 is 5.92 Å². The van der Waals surface area contributed by atoms with Gasteiger partial charge in [-0.25, -0.2) is 4.98 Å². The Hall–Kier alpha value is -3.45. The van der Waals surface area contributed by atoms with Crippen LogP contribution in [0.1, 0.15) is 22.6 Å². The molecule has 4 rings (SSSR count). The van der Waals surface area contributed by atoms with Gasteiger partial charge in [0.25, 0.3) is 0 Å². The molecule has 2 heterocycles. The van der Waals surface area contributed by atoms with Crippen LogP contribution in [0.4, 0.5) is 11.4 Å². The number of imidazole rings is 1. The van der Waals surface area contributed by atoms with Gasteiger partial charge in [-0.2, -0.15) is 0 Å². The third-order valence-corrected chi connectivity index (χ3v) is 5.40. The molecule has 152 valence electrons. The summed E-state index contributed by atoms with van der Waals surface area (Å²) in [6, 6.07) is 13.7. The number of para-hydroxylation sites is 1. The number of benzene rings is 2. The lowest BCUT2D eigenvalue weighted by molar-refractivity contribution is -0.122. The minimum absolute atomic E-state index is 0.118. The molecule has 2 amide bonds. The van der Waals surface area contributed by atoms with Gasteiger partial charge >= 0.3 is 0 Å². The number of ketones is 1. The molecule has 2 aromatic carbocycles. The molecule has 0 spiro atoms. The monoisotopic (exact) mass is 422 g/mol. The van der Waals surface area contributed by atoms with Crippen molar-refractivity contribution in [3.63, 3.8) is 0 Å². The Kier molecular flexibility index (Phi) is 5.37. The zero-order valence-corrected chi connectivity index (χ0v) is 17.0. The molecule has 7 nitrogen and oxygen atoms in total. The van der Waals surface area contributed by atoms with E-state index in [0.717, 1.165) is 0 Å². The Morgan fingerprint density at radius 1 is 1.13 bits per heavy atom. The molecule has 1 aliphatic heterocycles. The molecule has 0 saturated carbocycles. The van der Waals surface area contributed by atoms with Gasteiger partial charge < -0.3 is 14.8 Å². The number of rotatable bonds is 5. The van der Waals surface area contributed by atoms with E-state index in [9.17, 15) is 14.4 Å². The molecule has 1 N–H and O–H groups in total. The summed E-state index contributed by atoms with van der Waals surface area (Å²) in [4.78, 5) is 43.1. The van der Waals surface area contributed by atoms with E-state index in [1.807, 2.05) is 0 Å². The van der Waals surface area contributed by atoms with E-state index in [-0.39, 0.29) is 30.6 Å². The maximum atomic E-state index is 12.7. The molecule has 0 radical (unpaired) electrons. The first-order valence-corrected chi connectivity index (χ1v) is 9.79. The number of carbonyl (C=O) groups is 3. The molecule has 3 aromatic rings. The number of aryl methyl sites for hydroxylation is 1. The number of hydrogen-bond acceptors (Lipinski definition) is 4. The lowest BCUT2D eigenvalue weighted by Gasteiger charge is -2.18. The number of hydrogen-bond donors (Lipinski definition) is 1. The van der Waals surface area contributed by atoms with Crippen LogP contribution in [-0.4, -0.2) is 33.7 Å². The highest BCUT2D eigenvalue weighted by molar-refractivity contribution is 6.34. The summed E-state index contributed by atoms with van der Waals surface area (Å²) in [5.74, 6) is -0.726. The van der Waals surface area contributed by atoms with Crippen LogP contribution in [0.2, 0.25) is 5.02 Å². The van der Waals surface area contributed by atoms with Gasteiger partial charge in [0, 0.05) is 43.7 Å². The van der Waals surface area contributed by atoms with E-state index in [1.165, 1.54) is 0 Å². The highest BCUT2D eigenvalue weighted by atomic mass is 35.5. The van der Waals surface area contributed by atoms with E-state index in [1.54, 1.807) is 77.4 Å². The Balaban J connectivity index is 1.42. The van der Waals surface area contributed by atoms with Crippen molar-refractivity contribution in [2.75, 3.05) is 16.8 Å². The van der Waals surface area contributed by atoms with Gasteiger partial charge in [0.1, 0.15) is 0 Å². The fraction of sp³-hybridized carbons (Fsp3) is 0.182. The second-order valence-corrected chi connectivity index (χ2v) is 7.52. The average molecular weight is 423 g/mol. The summed E-state index contributed by atoms with van der Waals surface area (Å²) in [6.45, 7) is 0.268. The third-order valence-electron chi connectivity index (χ3n) is 5.08. The average Bonchev–Trinajstić information content (AvgIpc) is 3.34. The molecule has 30 heavy (non-hydrogen) atoms. The summed E-state index contributed by atoms with van der Waals surface area (Å²) >= 11 is 6.19. The number of carbonyl (C=O) groups excluding carboxylic acids is 3. The maximum absolute atomic E-state index is 12.7. The molecule has 1 fully saturated rings.